The maximum atomic E-state index is 10.9. The molecule has 0 saturated heterocycles. The molecule has 0 aromatic heterocycles. The minimum Gasteiger partial charge on any atom is -0.480 e. The molecule has 0 heterocycles. The van der Waals surface area contributed by atoms with Crippen LogP contribution in [0, 0.1) is 12.3 Å². The molecule has 0 unspecified atom stereocenters. The lowest BCUT2D eigenvalue weighted by Crippen LogP contribution is -1.98. The molecule has 0 spiro atoms. The minimum absolute atomic E-state index is 0.162. The van der Waals surface area contributed by atoms with Gasteiger partial charge in [-0.2, -0.15) is 0 Å². The summed E-state index contributed by atoms with van der Waals surface area (Å²) in [7, 11) is 0. The van der Waals surface area contributed by atoms with Gasteiger partial charge in [-0.05, 0) is 11.5 Å². The van der Waals surface area contributed by atoms with E-state index < -0.39 is 0 Å². The van der Waals surface area contributed by atoms with Gasteiger partial charge in [-0.3, -0.25) is 4.79 Å². The van der Waals surface area contributed by atoms with Gasteiger partial charge < -0.3 is 4.74 Å². The Morgan fingerprint density at radius 1 is 1.25 bits per heavy atom. The lowest BCUT2D eigenvalue weighted by Gasteiger charge is -2.09. The summed E-state index contributed by atoms with van der Waals surface area (Å²) in [5.41, 5.74) is 0.522. The zero-order chi connectivity index (χ0) is 11.4. The van der Waals surface area contributed by atoms with Gasteiger partial charge in [0.15, 0.2) is 6.29 Å². The average Bonchev–Trinajstić information content (AvgIpc) is 2.35. The van der Waals surface area contributed by atoms with Crippen LogP contribution < -0.4 is 4.74 Å². The third-order valence-corrected chi connectivity index (χ3v) is 2.34. The highest BCUT2D eigenvalue weighted by atomic mass is 16.5. The molecule has 2 aromatic carbocycles. The van der Waals surface area contributed by atoms with Crippen molar-refractivity contribution in [1.82, 2.24) is 0 Å². The van der Waals surface area contributed by atoms with E-state index in [1.54, 1.807) is 6.07 Å². The molecule has 0 saturated carbocycles. The van der Waals surface area contributed by atoms with Gasteiger partial charge in [0.25, 0.3) is 0 Å². The van der Waals surface area contributed by atoms with Crippen molar-refractivity contribution >= 4 is 17.1 Å². The third kappa shape index (κ3) is 1.76. The van der Waals surface area contributed by atoms with E-state index >= 15 is 0 Å². The molecule has 0 atom stereocenters. The van der Waals surface area contributed by atoms with E-state index in [2.05, 4.69) is 5.92 Å². The largest absolute Gasteiger partial charge is 0.480 e. The van der Waals surface area contributed by atoms with Crippen LogP contribution in [0.1, 0.15) is 10.4 Å². The van der Waals surface area contributed by atoms with Crippen molar-refractivity contribution < 1.29 is 9.53 Å². The first-order valence-electron chi connectivity index (χ1n) is 4.90. The molecule has 0 fully saturated rings. The number of hydrogen-bond donors (Lipinski definition) is 0. The highest BCUT2D eigenvalue weighted by Crippen LogP contribution is 2.28. The van der Waals surface area contributed by atoms with Gasteiger partial charge in [-0.1, -0.05) is 36.3 Å². The maximum Gasteiger partial charge on any atom is 0.153 e. The summed E-state index contributed by atoms with van der Waals surface area (Å²) >= 11 is 0. The molecule has 0 aliphatic carbocycles. The standard InChI is InChI=1S/C14H10O2/c1-2-9-16-14-12(10-15)8-7-11-5-3-4-6-13(11)14/h1,3-8,10H,9H2. The van der Waals surface area contributed by atoms with E-state index in [4.69, 9.17) is 11.2 Å². The van der Waals surface area contributed by atoms with Crippen LogP contribution in [0.15, 0.2) is 36.4 Å². The van der Waals surface area contributed by atoms with E-state index in [1.165, 1.54) is 0 Å². The molecule has 0 N–H and O–H groups in total. The fourth-order valence-corrected chi connectivity index (χ4v) is 1.63. The van der Waals surface area contributed by atoms with Gasteiger partial charge in [0.2, 0.25) is 0 Å². The zero-order valence-corrected chi connectivity index (χ0v) is 8.64. The molecule has 16 heavy (non-hydrogen) atoms. The Bertz CT molecular complexity index is 564. The molecule has 0 aliphatic rings. The Morgan fingerprint density at radius 2 is 2.06 bits per heavy atom. The second kappa shape index (κ2) is 4.50. The quantitative estimate of drug-likeness (QED) is 0.575. The maximum absolute atomic E-state index is 10.9. The van der Waals surface area contributed by atoms with Gasteiger partial charge in [0.1, 0.15) is 12.4 Å². The number of carbonyl (C=O) groups is 1. The fraction of sp³-hybridized carbons (Fsp3) is 0.0714. The highest BCUT2D eigenvalue weighted by Gasteiger charge is 2.07. The Balaban J connectivity index is 2.64. The topological polar surface area (TPSA) is 26.3 Å². The molecule has 2 aromatic rings. The molecule has 0 aliphatic heterocycles. The molecule has 2 nitrogen and oxygen atoms in total. The molecular formula is C14H10O2. The number of fused-ring (bicyclic) bond motifs is 1. The van der Waals surface area contributed by atoms with Gasteiger partial charge >= 0.3 is 0 Å². The number of hydrogen-bond acceptors (Lipinski definition) is 2. The summed E-state index contributed by atoms with van der Waals surface area (Å²) in [6.45, 7) is 0.162. The molecular weight excluding hydrogens is 200 g/mol. The fourth-order valence-electron chi connectivity index (χ4n) is 1.63. The number of rotatable bonds is 3. The van der Waals surface area contributed by atoms with Crippen LogP contribution in [0.3, 0.4) is 0 Å². The Kier molecular flexibility index (Phi) is 2.88. The summed E-state index contributed by atoms with van der Waals surface area (Å²) in [6, 6.07) is 11.3. The normalized spacial score (nSPS) is 9.69. The van der Waals surface area contributed by atoms with Crippen molar-refractivity contribution in [3.05, 3.63) is 42.0 Å². The van der Waals surface area contributed by atoms with Crippen LogP contribution in [-0.4, -0.2) is 12.9 Å². The third-order valence-electron chi connectivity index (χ3n) is 2.34. The molecule has 2 heteroatoms. The molecule has 0 radical (unpaired) electrons. The first-order valence-corrected chi connectivity index (χ1v) is 4.90. The predicted molar refractivity (Wildman–Crippen MR) is 63.7 cm³/mol. The van der Waals surface area contributed by atoms with Crippen molar-refractivity contribution in [2.45, 2.75) is 0 Å². The van der Waals surface area contributed by atoms with Gasteiger partial charge in [-0.15, -0.1) is 6.42 Å². The van der Waals surface area contributed by atoms with Crippen molar-refractivity contribution in [2.24, 2.45) is 0 Å². The molecule has 78 valence electrons. The number of aldehydes is 1. The monoisotopic (exact) mass is 210 g/mol. The lowest BCUT2D eigenvalue weighted by atomic mass is 10.1. The van der Waals surface area contributed by atoms with E-state index in [9.17, 15) is 4.79 Å². The van der Waals surface area contributed by atoms with E-state index in [0.717, 1.165) is 17.1 Å². The van der Waals surface area contributed by atoms with E-state index in [1.807, 2.05) is 30.3 Å². The van der Waals surface area contributed by atoms with E-state index in [-0.39, 0.29) is 6.61 Å². The lowest BCUT2D eigenvalue weighted by molar-refractivity contribution is 0.112. The predicted octanol–water partition coefficient (Wildman–Crippen LogP) is 2.66. The Hall–Kier alpha value is -2.27. The SMILES string of the molecule is C#CCOc1c(C=O)ccc2ccccc12. The summed E-state index contributed by atoms with van der Waals surface area (Å²) in [5, 5.41) is 1.93. The molecule has 2 rings (SSSR count). The summed E-state index contributed by atoms with van der Waals surface area (Å²) < 4.78 is 5.42. The Labute approximate surface area is 93.8 Å². The van der Waals surface area contributed by atoms with Crippen molar-refractivity contribution in [2.75, 3.05) is 6.61 Å². The number of terminal acetylenes is 1. The van der Waals surface area contributed by atoms with Crippen molar-refractivity contribution in [3.63, 3.8) is 0 Å². The van der Waals surface area contributed by atoms with Crippen molar-refractivity contribution in [3.8, 4) is 18.1 Å². The van der Waals surface area contributed by atoms with Gasteiger partial charge in [0, 0.05) is 5.39 Å². The van der Waals surface area contributed by atoms with Crippen LogP contribution >= 0.6 is 0 Å². The van der Waals surface area contributed by atoms with Crippen LogP contribution in [0.25, 0.3) is 10.8 Å². The van der Waals surface area contributed by atoms with Crippen LogP contribution in [0.2, 0.25) is 0 Å². The van der Waals surface area contributed by atoms with Crippen molar-refractivity contribution in [1.29, 1.82) is 0 Å². The summed E-state index contributed by atoms with van der Waals surface area (Å²) in [6.07, 6.45) is 5.92. The van der Waals surface area contributed by atoms with Crippen LogP contribution in [-0.2, 0) is 0 Å². The molecule has 0 bridgehead atoms. The van der Waals surface area contributed by atoms with Gasteiger partial charge in [0.05, 0.1) is 5.56 Å². The van der Waals surface area contributed by atoms with Crippen LogP contribution in [0.5, 0.6) is 5.75 Å². The van der Waals surface area contributed by atoms with Gasteiger partial charge in [-0.25, -0.2) is 0 Å². The second-order valence-electron chi connectivity index (χ2n) is 3.32. The second-order valence-corrected chi connectivity index (χ2v) is 3.32. The first-order chi connectivity index (χ1) is 7.86. The highest BCUT2D eigenvalue weighted by molar-refractivity contribution is 5.96. The number of carbonyl (C=O) groups excluding carboxylic acids is 1. The molecule has 0 amide bonds. The number of ether oxygens (including phenoxy) is 1. The number of benzene rings is 2. The first kappa shape index (κ1) is 10.3. The Morgan fingerprint density at radius 3 is 2.81 bits per heavy atom. The average molecular weight is 210 g/mol. The zero-order valence-electron chi connectivity index (χ0n) is 8.64. The minimum atomic E-state index is 0.162. The van der Waals surface area contributed by atoms with Crippen LogP contribution in [0.4, 0.5) is 0 Å². The summed E-state index contributed by atoms with van der Waals surface area (Å²) in [4.78, 5) is 10.9. The van der Waals surface area contributed by atoms with E-state index in [0.29, 0.717) is 11.3 Å². The smallest absolute Gasteiger partial charge is 0.153 e. The summed E-state index contributed by atoms with van der Waals surface area (Å²) in [5.74, 6) is 2.96.